The van der Waals surface area contributed by atoms with Gasteiger partial charge in [0, 0.05) is 70.5 Å². The summed E-state index contributed by atoms with van der Waals surface area (Å²) >= 11 is 0. The molecule has 7 rings (SSSR count). The average Bonchev–Trinajstić information content (AvgIpc) is 2.56. The van der Waals surface area contributed by atoms with Gasteiger partial charge in [-0.1, -0.05) is 79.2 Å². The first kappa shape index (κ1) is 74.1. The first-order chi connectivity index (χ1) is 37.1. The number of allylic oxidation sites excluding steroid dienone is 2. The van der Waals surface area contributed by atoms with Crippen LogP contribution in [0.2, 0.25) is 0 Å². The molecule has 1 aromatic heterocycles. The average molecular weight is 1270 g/mol. The van der Waals surface area contributed by atoms with Crippen LogP contribution in [0.1, 0.15) is 179 Å². The quantitative estimate of drug-likeness (QED) is 0.0717. The van der Waals surface area contributed by atoms with Crippen molar-refractivity contribution in [2.75, 3.05) is 32.6 Å². The van der Waals surface area contributed by atoms with Crippen LogP contribution in [0.5, 0.6) is 0 Å². The van der Waals surface area contributed by atoms with Crippen LogP contribution in [0, 0.1) is 25.0 Å². The van der Waals surface area contributed by atoms with Crippen molar-refractivity contribution < 1.29 is 103 Å². The van der Waals surface area contributed by atoms with E-state index in [1.165, 1.54) is 14.6 Å². The molecule has 4 fully saturated rings. The van der Waals surface area contributed by atoms with Gasteiger partial charge in [0.1, 0.15) is 46.4 Å². The zero-order chi connectivity index (χ0) is 58.1. The molecule has 1 aromatic rings. The minimum Gasteiger partial charge on any atom is -0.464 e. The van der Waals surface area contributed by atoms with Crippen molar-refractivity contribution in [3.8, 4) is 0 Å². The first-order valence-electron chi connectivity index (χ1n) is 27.7. The molecule has 6 aliphatic rings. The Labute approximate surface area is 517 Å². The number of carbonyl (C=O) groups excluding carboxylic acids is 8. The van der Waals surface area contributed by atoms with E-state index < -0.39 is 105 Å². The van der Waals surface area contributed by atoms with Gasteiger partial charge in [-0.05, 0) is 107 Å². The zero-order valence-corrected chi connectivity index (χ0v) is 51.7. The Morgan fingerprint density at radius 2 is 1.13 bits per heavy atom. The summed E-state index contributed by atoms with van der Waals surface area (Å²) < 4.78 is 50.2. The van der Waals surface area contributed by atoms with Crippen LogP contribution in [0.3, 0.4) is 0 Å². The van der Waals surface area contributed by atoms with Crippen molar-refractivity contribution >= 4 is 57.9 Å². The van der Waals surface area contributed by atoms with Crippen LogP contribution in [0.15, 0.2) is 24.3 Å². The number of amides is 6. The van der Waals surface area contributed by atoms with Crippen LogP contribution in [-0.4, -0.2) is 166 Å². The fraction of sp³-hybridized carbons (Fsp3) is 0.754. The second-order valence-electron chi connectivity index (χ2n) is 23.3. The second kappa shape index (κ2) is 31.4. The number of carbonyl (C=O) groups is 8. The SMILES string of the molecule is C.C.C.CCOC(=O)[C@@]12C[C@H]1/C=C\CCCCC[C@H](NC(=O)OC(C)(C)C)C(=O)N1CC(OS(C)(=O)=O)C[C@H]1C(=O)N2.CCOC(=O)[C@@]12C[C@H]1/C=C\CCCCC[C@H](NC(=O)OC(C)(C)C)C(=O)N1CC(n3n[c-]c(C)n3)C[C@H]1C(=O)N2.[Y]. The maximum atomic E-state index is 14.0. The van der Waals surface area contributed by atoms with E-state index in [1.807, 2.05) is 24.3 Å². The molecular formula is C57H94N9O15SY-. The van der Waals surface area contributed by atoms with Gasteiger partial charge < -0.3 is 61.3 Å². The molecule has 0 spiro atoms. The maximum Gasteiger partial charge on any atom is 0.408 e. The van der Waals surface area contributed by atoms with Crippen molar-refractivity contribution in [3.05, 3.63) is 36.2 Å². The van der Waals surface area contributed by atoms with Gasteiger partial charge in [-0.25, -0.2) is 24.0 Å². The van der Waals surface area contributed by atoms with Crippen molar-refractivity contribution in [2.45, 2.75) is 233 Å². The van der Waals surface area contributed by atoms with E-state index in [-0.39, 0.29) is 118 Å². The van der Waals surface area contributed by atoms with Gasteiger partial charge in [0.05, 0.1) is 31.6 Å². The Kier molecular flexibility index (Phi) is 28.0. The smallest absolute Gasteiger partial charge is 0.408 e. The molecular weight excluding hydrogens is 1170 g/mol. The standard InChI is InChI=1S/C28H41N6O6.C26H41N3O9S.3CH4.Y/c1-6-39-25(37)28-15-19(28)12-10-8-7-9-11-13-21(30-26(38)40-27(3,4)5)24(36)33-17-20(14-22(33)23(35)31-28)34-29-16-18(2)32-34;1-6-36-23(32)26-15-17(26)12-10-8-7-9-11-13-19(27-24(33)37-25(2,3)4)22(31)29-16-18(38-39(5,34)35)14-20(29)21(30)28-26;;;;/h10,12,19-22H,6-9,11,13-15,17H2,1-5H3,(H,30,38)(H,31,35);10,12,17-20H,6-9,11,13-16H2,1-5H3,(H,27,33)(H,28,30);3*1H4;/q-1;;;;;/b2*12-10-;;;;/t19-,20?,21+,22+,28-;17-,18?,19+,20+,26-;;;;/m11..../s1. The Hall–Kier alpha value is -5.01. The van der Waals surface area contributed by atoms with E-state index in [0.29, 0.717) is 44.2 Å². The fourth-order valence-electron chi connectivity index (χ4n) is 10.5. The van der Waals surface area contributed by atoms with Gasteiger partial charge in [0.15, 0.2) is 0 Å². The molecule has 467 valence electrons. The molecule has 2 saturated carbocycles. The van der Waals surface area contributed by atoms with E-state index in [4.69, 9.17) is 23.1 Å². The number of rotatable bonds is 9. The van der Waals surface area contributed by atoms with Crippen molar-refractivity contribution in [1.29, 1.82) is 0 Å². The number of aryl methyl sites for hydroxylation is 1. The maximum absolute atomic E-state index is 14.0. The molecule has 2 saturated heterocycles. The minimum atomic E-state index is -3.87. The molecule has 1 radical (unpaired) electrons. The van der Waals surface area contributed by atoms with Crippen molar-refractivity contribution in [2.24, 2.45) is 11.8 Å². The number of nitrogens with one attached hydrogen (secondary N) is 4. The van der Waals surface area contributed by atoms with Crippen LogP contribution >= 0.6 is 0 Å². The first-order valence-corrected chi connectivity index (χ1v) is 29.5. The molecule has 10 atom stereocenters. The monoisotopic (exact) mass is 1270 g/mol. The molecule has 5 heterocycles. The van der Waals surface area contributed by atoms with Gasteiger partial charge in [0.25, 0.3) is 10.1 Å². The Bertz CT molecular complexity index is 2590. The molecule has 24 nitrogen and oxygen atoms in total. The zero-order valence-electron chi connectivity index (χ0n) is 48.0. The number of hydrogen-bond acceptors (Lipinski definition) is 17. The van der Waals surface area contributed by atoms with Gasteiger partial charge in [-0.2, -0.15) is 13.5 Å². The topological polar surface area (TPSA) is 302 Å². The summed E-state index contributed by atoms with van der Waals surface area (Å²) in [7, 11) is -3.87. The van der Waals surface area contributed by atoms with E-state index in [1.54, 1.807) is 62.3 Å². The van der Waals surface area contributed by atoms with E-state index in [9.17, 15) is 46.8 Å². The molecule has 4 aliphatic heterocycles. The summed E-state index contributed by atoms with van der Waals surface area (Å²) in [6.45, 7) is 15.9. The van der Waals surface area contributed by atoms with Crippen LogP contribution in [0.25, 0.3) is 0 Å². The summed E-state index contributed by atoms with van der Waals surface area (Å²) in [5, 5.41) is 19.7. The van der Waals surface area contributed by atoms with Crippen LogP contribution < -0.4 is 21.3 Å². The summed E-state index contributed by atoms with van der Waals surface area (Å²) in [5.41, 5.74) is -3.32. The van der Waals surface area contributed by atoms with Crippen molar-refractivity contribution in [3.63, 3.8) is 0 Å². The molecule has 2 aliphatic carbocycles. The Morgan fingerprint density at radius 1 is 0.699 bits per heavy atom. The van der Waals surface area contributed by atoms with E-state index in [2.05, 4.69) is 37.7 Å². The van der Waals surface area contributed by atoms with Gasteiger partial charge in [0.2, 0.25) is 23.6 Å². The van der Waals surface area contributed by atoms with E-state index >= 15 is 0 Å². The third kappa shape index (κ3) is 20.6. The number of ether oxygens (including phenoxy) is 4. The van der Waals surface area contributed by atoms with Crippen LogP contribution in [-0.2, 0) is 94.7 Å². The molecule has 2 unspecified atom stereocenters. The minimum absolute atomic E-state index is 0. The molecule has 0 bridgehead atoms. The number of fused-ring (bicyclic) bond motifs is 4. The Balaban J connectivity index is 0.000000541. The third-order valence-electron chi connectivity index (χ3n) is 14.4. The van der Waals surface area contributed by atoms with Gasteiger partial charge >= 0.3 is 24.1 Å². The fourth-order valence-corrected chi connectivity index (χ4v) is 11.1. The van der Waals surface area contributed by atoms with E-state index in [0.717, 1.165) is 44.8 Å². The Morgan fingerprint density at radius 3 is 1.53 bits per heavy atom. The number of esters is 2. The summed E-state index contributed by atoms with van der Waals surface area (Å²) in [5.74, 6) is -3.44. The summed E-state index contributed by atoms with van der Waals surface area (Å²) in [6, 6.07) is -4.27. The predicted octanol–water partition coefficient (Wildman–Crippen LogP) is 6.07. The van der Waals surface area contributed by atoms with Gasteiger partial charge in [-0.3, -0.25) is 23.4 Å². The predicted molar refractivity (Wildman–Crippen MR) is 305 cm³/mol. The largest absolute Gasteiger partial charge is 0.464 e. The number of alkyl carbamates (subject to hydrolysis) is 2. The number of hydrogen-bond donors (Lipinski definition) is 4. The second-order valence-corrected chi connectivity index (χ2v) is 24.9. The van der Waals surface area contributed by atoms with Crippen molar-refractivity contribution in [1.82, 2.24) is 46.1 Å². The number of nitrogens with zero attached hydrogens (tertiary/aromatic N) is 5. The molecule has 4 N–H and O–H groups in total. The van der Waals surface area contributed by atoms with Crippen LogP contribution in [0.4, 0.5) is 9.59 Å². The third-order valence-corrected chi connectivity index (χ3v) is 15.0. The molecule has 83 heavy (non-hydrogen) atoms. The molecule has 26 heteroatoms. The molecule has 0 aromatic carbocycles. The summed E-state index contributed by atoms with van der Waals surface area (Å²) in [6.07, 6.45) is 17.1. The molecule has 6 amide bonds. The number of aromatic nitrogens is 3. The normalized spacial score (nSPS) is 29.1. The van der Waals surface area contributed by atoms with Gasteiger partial charge in [-0.15, -0.1) is 5.69 Å². The summed E-state index contributed by atoms with van der Waals surface area (Å²) in [4.78, 5) is 111.